The molecule has 118 valence electrons. The van der Waals surface area contributed by atoms with E-state index < -0.39 is 10.0 Å². The van der Waals surface area contributed by atoms with Gasteiger partial charge in [-0.1, -0.05) is 0 Å². The number of piperidine rings is 1. The van der Waals surface area contributed by atoms with Gasteiger partial charge in [0, 0.05) is 31.7 Å². The Labute approximate surface area is 122 Å². The minimum Gasteiger partial charge on any atom is -0.378 e. The van der Waals surface area contributed by atoms with E-state index in [-0.39, 0.29) is 12.1 Å². The smallest absolute Gasteiger partial charge is 0.211 e. The van der Waals surface area contributed by atoms with Crippen LogP contribution in [0.3, 0.4) is 0 Å². The Bertz CT molecular complexity index is 415. The van der Waals surface area contributed by atoms with Gasteiger partial charge in [-0.3, -0.25) is 11.3 Å². The van der Waals surface area contributed by atoms with Gasteiger partial charge in [0.05, 0.1) is 12.4 Å². The molecule has 0 amide bonds. The van der Waals surface area contributed by atoms with E-state index in [9.17, 15) is 8.42 Å². The quantitative estimate of drug-likeness (QED) is 0.564. The third-order valence-corrected chi connectivity index (χ3v) is 5.97. The lowest BCUT2D eigenvalue weighted by Crippen LogP contribution is -2.47. The number of ether oxygens (including phenoxy) is 1. The molecule has 2 fully saturated rings. The predicted molar refractivity (Wildman–Crippen MR) is 78.4 cm³/mol. The normalized spacial score (nSPS) is 34.2. The van der Waals surface area contributed by atoms with Gasteiger partial charge in [0.2, 0.25) is 10.0 Å². The molecule has 0 spiro atoms. The Balaban J connectivity index is 1.94. The van der Waals surface area contributed by atoms with Crippen molar-refractivity contribution in [2.24, 2.45) is 17.7 Å². The summed E-state index contributed by atoms with van der Waals surface area (Å²) in [5, 5.41) is 0. The van der Waals surface area contributed by atoms with E-state index in [1.807, 2.05) is 0 Å². The first-order chi connectivity index (χ1) is 9.41. The third-order valence-electron chi connectivity index (χ3n) is 4.70. The summed E-state index contributed by atoms with van der Waals surface area (Å²) in [5.41, 5.74) is 2.93. The largest absolute Gasteiger partial charge is 0.378 e. The topological polar surface area (TPSA) is 84.7 Å². The number of sulfonamides is 1. The molecule has 0 aromatic heterocycles. The summed E-state index contributed by atoms with van der Waals surface area (Å²) < 4.78 is 30.5. The highest BCUT2D eigenvalue weighted by Crippen LogP contribution is 2.30. The maximum Gasteiger partial charge on any atom is 0.211 e. The molecule has 2 aliphatic heterocycles. The van der Waals surface area contributed by atoms with Crippen molar-refractivity contribution in [2.45, 2.75) is 44.8 Å². The van der Waals surface area contributed by atoms with E-state index in [1.54, 1.807) is 4.31 Å². The van der Waals surface area contributed by atoms with Crippen LogP contribution in [0.5, 0.6) is 0 Å². The minimum absolute atomic E-state index is 0.206. The van der Waals surface area contributed by atoms with Gasteiger partial charge in [-0.15, -0.1) is 0 Å². The average molecular weight is 305 g/mol. The number of nitrogens with zero attached hydrogens (tertiary/aromatic N) is 1. The highest BCUT2D eigenvalue weighted by atomic mass is 32.2. The van der Waals surface area contributed by atoms with Gasteiger partial charge in [0.25, 0.3) is 0 Å². The summed E-state index contributed by atoms with van der Waals surface area (Å²) in [6.07, 6.45) is 5.48. The zero-order chi connectivity index (χ0) is 14.8. The molecule has 4 atom stereocenters. The van der Waals surface area contributed by atoms with E-state index in [0.717, 1.165) is 32.3 Å². The lowest BCUT2D eigenvalue weighted by atomic mass is 9.84. The van der Waals surface area contributed by atoms with Crippen LogP contribution in [0.25, 0.3) is 0 Å². The van der Waals surface area contributed by atoms with Gasteiger partial charge in [-0.05, 0) is 38.5 Å². The fourth-order valence-electron chi connectivity index (χ4n) is 3.52. The van der Waals surface area contributed by atoms with Crippen molar-refractivity contribution >= 4 is 10.0 Å². The number of hydrogen-bond donors (Lipinski definition) is 2. The summed E-state index contributed by atoms with van der Waals surface area (Å²) >= 11 is 0. The highest BCUT2D eigenvalue weighted by molar-refractivity contribution is 7.88. The van der Waals surface area contributed by atoms with Crippen LogP contribution in [0.1, 0.15) is 32.6 Å². The molecule has 0 saturated carbocycles. The molecule has 6 nitrogen and oxygen atoms in total. The summed E-state index contributed by atoms with van der Waals surface area (Å²) in [5.74, 6) is 6.52. The van der Waals surface area contributed by atoms with Gasteiger partial charge in [0.15, 0.2) is 0 Å². The van der Waals surface area contributed by atoms with Crippen molar-refractivity contribution < 1.29 is 13.2 Å². The fourth-order valence-corrected chi connectivity index (χ4v) is 4.47. The second-order valence-corrected chi connectivity index (χ2v) is 8.15. The SMILES string of the molecule is CC1OCCC1C(CC1CCCN(S(C)(=O)=O)C1)NN. The van der Waals surface area contributed by atoms with Crippen molar-refractivity contribution in [1.82, 2.24) is 9.73 Å². The second-order valence-electron chi connectivity index (χ2n) is 6.17. The van der Waals surface area contributed by atoms with Crippen LogP contribution in [0.4, 0.5) is 0 Å². The molecule has 0 aromatic rings. The Morgan fingerprint density at radius 3 is 2.75 bits per heavy atom. The molecule has 0 aromatic carbocycles. The molecule has 0 bridgehead atoms. The van der Waals surface area contributed by atoms with Gasteiger partial charge < -0.3 is 4.74 Å². The molecule has 2 aliphatic rings. The van der Waals surface area contributed by atoms with Crippen LogP contribution in [0, 0.1) is 11.8 Å². The van der Waals surface area contributed by atoms with Crippen molar-refractivity contribution in [3.8, 4) is 0 Å². The minimum atomic E-state index is -3.07. The molecule has 20 heavy (non-hydrogen) atoms. The summed E-state index contributed by atoms with van der Waals surface area (Å²) in [6.45, 7) is 4.16. The molecule has 2 heterocycles. The Kier molecular flexibility index (Phi) is 5.42. The first kappa shape index (κ1) is 16.2. The van der Waals surface area contributed by atoms with E-state index in [1.165, 1.54) is 6.26 Å². The summed E-state index contributed by atoms with van der Waals surface area (Å²) in [6, 6.07) is 0.206. The molecule has 0 radical (unpaired) electrons. The van der Waals surface area contributed by atoms with Gasteiger partial charge in [-0.2, -0.15) is 0 Å². The average Bonchev–Trinajstić information content (AvgIpc) is 2.81. The molecule has 2 rings (SSSR count). The van der Waals surface area contributed by atoms with Crippen LogP contribution in [0.2, 0.25) is 0 Å². The zero-order valence-corrected chi connectivity index (χ0v) is 13.2. The van der Waals surface area contributed by atoms with Crippen LogP contribution >= 0.6 is 0 Å². The van der Waals surface area contributed by atoms with Crippen LogP contribution < -0.4 is 11.3 Å². The first-order valence-electron chi connectivity index (χ1n) is 7.44. The summed E-state index contributed by atoms with van der Waals surface area (Å²) in [4.78, 5) is 0. The number of hydrogen-bond acceptors (Lipinski definition) is 5. The molecular formula is C13H27N3O3S. The highest BCUT2D eigenvalue weighted by Gasteiger charge is 2.34. The Hall–Kier alpha value is -0.210. The molecular weight excluding hydrogens is 278 g/mol. The van der Waals surface area contributed by atoms with Crippen molar-refractivity contribution in [3.63, 3.8) is 0 Å². The van der Waals surface area contributed by atoms with Crippen LogP contribution in [-0.2, 0) is 14.8 Å². The third kappa shape index (κ3) is 3.92. The second kappa shape index (κ2) is 6.70. The molecule has 0 aliphatic carbocycles. The standard InChI is InChI=1S/C13H27N3O3S/c1-10-12(5-7-19-10)13(15-14)8-11-4-3-6-16(9-11)20(2,17)18/h10-13,15H,3-9,14H2,1-2H3. The lowest BCUT2D eigenvalue weighted by Gasteiger charge is -2.34. The zero-order valence-electron chi connectivity index (χ0n) is 12.4. The van der Waals surface area contributed by atoms with Crippen molar-refractivity contribution in [2.75, 3.05) is 26.0 Å². The number of nitrogens with one attached hydrogen (secondary N) is 1. The van der Waals surface area contributed by atoms with Gasteiger partial charge >= 0.3 is 0 Å². The molecule has 7 heteroatoms. The van der Waals surface area contributed by atoms with Gasteiger partial charge in [-0.25, -0.2) is 12.7 Å². The van der Waals surface area contributed by atoms with E-state index in [4.69, 9.17) is 10.6 Å². The fraction of sp³-hybridized carbons (Fsp3) is 1.00. The summed E-state index contributed by atoms with van der Waals surface area (Å²) in [7, 11) is -3.07. The number of rotatable bonds is 5. The van der Waals surface area contributed by atoms with Crippen molar-refractivity contribution in [1.29, 1.82) is 0 Å². The molecule has 3 N–H and O–H groups in total. The van der Waals surface area contributed by atoms with Gasteiger partial charge in [0.1, 0.15) is 0 Å². The number of nitrogens with two attached hydrogens (primary N) is 1. The van der Waals surface area contributed by atoms with E-state index >= 15 is 0 Å². The monoisotopic (exact) mass is 305 g/mol. The maximum atomic E-state index is 11.7. The van der Waals surface area contributed by atoms with E-state index in [0.29, 0.717) is 24.9 Å². The van der Waals surface area contributed by atoms with E-state index in [2.05, 4.69) is 12.3 Å². The number of hydrazine groups is 1. The Morgan fingerprint density at radius 1 is 1.45 bits per heavy atom. The first-order valence-corrected chi connectivity index (χ1v) is 9.29. The predicted octanol–water partition coefficient (Wildman–Crippen LogP) is 0.305. The Morgan fingerprint density at radius 2 is 2.20 bits per heavy atom. The maximum absolute atomic E-state index is 11.7. The van der Waals surface area contributed by atoms with Crippen LogP contribution in [0.15, 0.2) is 0 Å². The molecule has 4 unspecified atom stereocenters. The van der Waals surface area contributed by atoms with Crippen molar-refractivity contribution in [3.05, 3.63) is 0 Å². The van der Waals surface area contributed by atoms with Crippen LogP contribution in [-0.4, -0.2) is 50.8 Å². The lowest BCUT2D eigenvalue weighted by molar-refractivity contribution is 0.0895. The molecule has 2 saturated heterocycles.